The molecule has 14 heteroatoms. The van der Waals surface area contributed by atoms with Gasteiger partial charge >= 0.3 is 24.0 Å². The van der Waals surface area contributed by atoms with Gasteiger partial charge in [0.05, 0.1) is 0 Å². The number of urea groups is 2. The van der Waals surface area contributed by atoms with Crippen molar-refractivity contribution in [3.8, 4) is 0 Å². The maximum absolute atomic E-state index is 12.1. The predicted molar refractivity (Wildman–Crippen MR) is 135 cm³/mol. The minimum atomic E-state index is -1.25. The number of hydrogen-bond acceptors (Lipinski definition) is 6. The largest absolute Gasteiger partial charge is 0.480 e. The van der Waals surface area contributed by atoms with Crippen LogP contribution in [0.1, 0.15) is 0 Å². The van der Waals surface area contributed by atoms with E-state index < -0.39 is 36.1 Å². The van der Waals surface area contributed by atoms with E-state index in [2.05, 4.69) is 21.3 Å². The molecule has 34 heavy (non-hydrogen) atoms. The van der Waals surface area contributed by atoms with E-state index in [0.717, 1.165) is 21.6 Å². The van der Waals surface area contributed by atoms with Gasteiger partial charge in [-0.2, -0.15) is 0 Å². The van der Waals surface area contributed by atoms with Crippen molar-refractivity contribution < 1.29 is 29.4 Å². The van der Waals surface area contributed by atoms with E-state index in [1.807, 2.05) is 0 Å². The minimum absolute atomic E-state index is 0.0443. The lowest BCUT2D eigenvalue weighted by Crippen LogP contribution is -2.45. The fourth-order valence-corrected chi connectivity index (χ4v) is 4.86. The van der Waals surface area contributed by atoms with Crippen molar-refractivity contribution in [3.05, 3.63) is 58.6 Å². The Morgan fingerprint density at radius 1 is 0.676 bits per heavy atom. The molecular formula is C20H20Cl2N4O6S2. The zero-order chi connectivity index (χ0) is 25.1. The first-order valence-electron chi connectivity index (χ1n) is 9.50. The van der Waals surface area contributed by atoms with Crippen molar-refractivity contribution in [3.63, 3.8) is 0 Å². The molecule has 0 spiro atoms. The molecular weight excluding hydrogens is 527 g/mol. The Kier molecular flexibility index (Phi) is 11.1. The van der Waals surface area contributed by atoms with Gasteiger partial charge in [-0.05, 0) is 48.5 Å². The zero-order valence-corrected chi connectivity index (χ0v) is 20.4. The van der Waals surface area contributed by atoms with E-state index in [1.54, 1.807) is 48.5 Å². The molecule has 0 aliphatic heterocycles. The van der Waals surface area contributed by atoms with Gasteiger partial charge in [0.2, 0.25) is 0 Å². The number of halogens is 2. The second kappa shape index (κ2) is 13.8. The van der Waals surface area contributed by atoms with Crippen molar-refractivity contribution in [2.75, 3.05) is 22.1 Å². The quantitative estimate of drug-likeness (QED) is 0.180. The van der Waals surface area contributed by atoms with Gasteiger partial charge < -0.3 is 31.5 Å². The normalized spacial score (nSPS) is 12.2. The highest BCUT2D eigenvalue weighted by Crippen LogP contribution is 2.23. The van der Waals surface area contributed by atoms with Gasteiger partial charge in [-0.15, -0.1) is 0 Å². The van der Waals surface area contributed by atoms with Crippen LogP contribution in [0.2, 0.25) is 10.0 Å². The molecule has 2 aromatic rings. The fraction of sp³-hybridized carbons (Fsp3) is 0.200. The Morgan fingerprint density at radius 3 is 1.29 bits per heavy atom. The molecule has 0 unspecified atom stereocenters. The van der Waals surface area contributed by atoms with Gasteiger partial charge in [0, 0.05) is 32.9 Å². The van der Waals surface area contributed by atoms with E-state index >= 15 is 0 Å². The molecule has 182 valence electrons. The maximum atomic E-state index is 12.1. The molecule has 0 radical (unpaired) electrons. The molecule has 0 saturated heterocycles. The highest BCUT2D eigenvalue weighted by molar-refractivity contribution is 8.76. The summed E-state index contributed by atoms with van der Waals surface area (Å²) in [5, 5.41) is 29.3. The first kappa shape index (κ1) is 27.4. The first-order chi connectivity index (χ1) is 16.1. The average Bonchev–Trinajstić information content (AvgIpc) is 2.77. The lowest BCUT2D eigenvalue weighted by Gasteiger charge is -2.17. The topological polar surface area (TPSA) is 157 Å². The molecule has 2 atom stereocenters. The van der Waals surface area contributed by atoms with Crippen LogP contribution >= 0.6 is 44.8 Å². The summed E-state index contributed by atoms with van der Waals surface area (Å²) in [7, 11) is 2.09. The summed E-state index contributed by atoms with van der Waals surface area (Å²) < 4.78 is 0. The summed E-state index contributed by atoms with van der Waals surface area (Å²) in [6, 6.07) is 8.63. The molecule has 6 N–H and O–H groups in total. The van der Waals surface area contributed by atoms with E-state index in [-0.39, 0.29) is 11.5 Å². The van der Waals surface area contributed by atoms with Crippen LogP contribution in [-0.2, 0) is 9.59 Å². The van der Waals surface area contributed by atoms with Crippen molar-refractivity contribution >= 4 is 80.2 Å². The molecule has 0 aromatic heterocycles. The fourth-order valence-electron chi connectivity index (χ4n) is 2.30. The molecule has 0 bridgehead atoms. The number of carbonyl (C=O) groups is 4. The molecule has 4 amide bonds. The van der Waals surface area contributed by atoms with Gasteiger partial charge in [-0.25, -0.2) is 19.2 Å². The third-order valence-electron chi connectivity index (χ3n) is 3.96. The van der Waals surface area contributed by atoms with Gasteiger partial charge in [-0.3, -0.25) is 0 Å². The van der Waals surface area contributed by atoms with Gasteiger partial charge in [0.25, 0.3) is 0 Å². The molecule has 0 aliphatic carbocycles. The molecule has 10 nitrogen and oxygen atoms in total. The number of carbonyl (C=O) groups excluding carboxylic acids is 2. The maximum Gasteiger partial charge on any atom is 0.327 e. The SMILES string of the molecule is O=C(Nc1ccc(Cl)cc1)N[C@H](CSSC[C@@H](NC(=O)Nc1ccc(Cl)cc1)C(=O)O)C(=O)O. The number of rotatable bonds is 11. The van der Waals surface area contributed by atoms with E-state index in [9.17, 15) is 29.4 Å². The van der Waals surface area contributed by atoms with Crippen LogP contribution in [0.25, 0.3) is 0 Å². The third-order valence-corrected chi connectivity index (χ3v) is 6.89. The average molecular weight is 547 g/mol. The number of amides is 4. The monoisotopic (exact) mass is 546 g/mol. The highest BCUT2D eigenvalue weighted by atomic mass is 35.5. The van der Waals surface area contributed by atoms with Crippen LogP contribution in [0.3, 0.4) is 0 Å². The van der Waals surface area contributed by atoms with E-state index in [0.29, 0.717) is 21.4 Å². The first-order valence-corrected chi connectivity index (χ1v) is 12.7. The van der Waals surface area contributed by atoms with Crippen molar-refractivity contribution in [1.82, 2.24) is 10.6 Å². The summed E-state index contributed by atoms with van der Waals surface area (Å²) in [5.41, 5.74) is 0.862. The summed E-state index contributed by atoms with van der Waals surface area (Å²) in [5.74, 6) is -2.60. The minimum Gasteiger partial charge on any atom is -0.480 e. The number of carboxylic acids is 2. The molecule has 0 fully saturated rings. The summed E-state index contributed by atoms with van der Waals surface area (Å²) in [6.07, 6.45) is 0. The van der Waals surface area contributed by atoms with Crippen LogP contribution < -0.4 is 21.3 Å². The van der Waals surface area contributed by atoms with Crippen molar-refractivity contribution in [1.29, 1.82) is 0 Å². The molecule has 0 saturated carbocycles. The number of aliphatic carboxylic acids is 2. The number of hydrogen-bond donors (Lipinski definition) is 6. The third kappa shape index (κ3) is 10.00. The standard InChI is InChI=1S/C20H20Cl2N4O6S2/c21-11-1-5-13(6-2-11)23-19(31)25-15(17(27)28)9-33-34-10-16(18(29)30)26-20(32)24-14-7-3-12(22)4-8-14/h1-8,15-16H,9-10H2,(H,27,28)(H,29,30)(H2,23,25,31)(H2,24,26,32)/t15-,16-/m1/s1. The molecule has 2 aromatic carbocycles. The van der Waals surface area contributed by atoms with Gasteiger partial charge in [0.15, 0.2) is 0 Å². The Bertz CT molecular complexity index is 930. The van der Waals surface area contributed by atoms with Crippen LogP contribution in [-0.4, -0.2) is 57.8 Å². The van der Waals surface area contributed by atoms with Crippen LogP contribution in [0.4, 0.5) is 21.0 Å². The molecule has 0 heterocycles. The number of benzene rings is 2. The van der Waals surface area contributed by atoms with Gasteiger partial charge in [-0.1, -0.05) is 44.8 Å². The second-order valence-corrected chi connectivity index (χ2v) is 9.99. The van der Waals surface area contributed by atoms with Crippen LogP contribution in [0.5, 0.6) is 0 Å². The zero-order valence-electron chi connectivity index (χ0n) is 17.3. The van der Waals surface area contributed by atoms with Crippen LogP contribution in [0, 0.1) is 0 Å². The second-order valence-electron chi connectivity index (χ2n) is 6.56. The summed E-state index contributed by atoms with van der Waals surface area (Å²) in [4.78, 5) is 47.0. The van der Waals surface area contributed by atoms with E-state index in [1.165, 1.54) is 0 Å². The highest BCUT2D eigenvalue weighted by Gasteiger charge is 2.23. The van der Waals surface area contributed by atoms with Gasteiger partial charge in [0.1, 0.15) is 12.1 Å². The molecule has 0 aliphatic rings. The lowest BCUT2D eigenvalue weighted by atomic mass is 10.3. The Balaban J connectivity index is 1.78. The predicted octanol–water partition coefficient (Wildman–Crippen LogP) is 4.22. The Hall–Kier alpha value is -2.80. The summed E-state index contributed by atoms with van der Waals surface area (Å²) >= 11 is 11.6. The molecule has 2 rings (SSSR count). The van der Waals surface area contributed by atoms with Crippen LogP contribution in [0.15, 0.2) is 48.5 Å². The van der Waals surface area contributed by atoms with Crippen molar-refractivity contribution in [2.24, 2.45) is 0 Å². The number of carboxylic acid groups (broad SMARTS) is 2. The number of nitrogens with one attached hydrogen (secondary N) is 4. The smallest absolute Gasteiger partial charge is 0.327 e. The Labute approximate surface area is 212 Å². The Morgan fingerprint density at radius 2 is 1.00 bits per heavy atom. The number of anilines is 2. The van der Waals surface area contributed by atoms with E-state index in [4.69, 9.17) is 23.2 Å². The lowest BCUT2D eigenvalue weighted by molar-refractivity contribution is -0.139. The summed E-state index contributed by atoms with van der Waals surface area (Å²) in [6.45, 7) is 0. The van der Waals surface area contributed by atoms with Crippen molar-refractivity contribution in [2.45, 2.75) is 12.1 Å².